The summed E-state index contributed by atoms with van der Waals surface area (Å²) in [6, 6.07) is 0. The zero-order valence-electron chi connectivity index (χ0n) is 9.85. The molecule has 0 saturated heterocycles. The summed E-state index contributed by atoms with van der Waals surface area (Å²) in [5.41, 5.74) is 0. The Balaban J connectivity index is 1.67. The Labute approximate surface area is 104 Å². The number of hydrogen-bond acceptors (Lipinski definition) is 4. The number of unbranched alkanes of at least 4 members (excludes halogenated alkanes) is 1. The molecular formula is C12H14N4O2. The molecule has 0 aliphatic heterocycles. The van der Waals surface area contributed by atoms with Crippen molar-refractivity contribution in [3.8, 4) is 0 Å². The smallest absolute Gasteiger partial charge is 0.198 e. The molecule has 2 heterocycles. The molecule has 2 N–H and O–H groups in total. The van der Waals surface area contributed by atoms with Crippen LogP contribution >= 0.6 is 0 Å². The van der Waals surface area contributed by atoms with Crippen LogP contribution in [0.2, 0.25) is 0 Å². The summed E-state index contributed by atoms with van der Waals surface area (Å²) < 4.78 is 0. The summed E-state index contributed by atoms with van der Waals surface area (Å²) in [5, 5.41) is 0. The lowest BCUT2D eigenvalue weighted by Gasteiger charge is -1.98. The van der Waals surface area contributed by atoms with Crippen molar-refractivity contribution < 1.29 is 9.59 Å². The highest BCUT2D eigenvalue weighted by atomic mass is 16.1. The number of aromatic nitrogens is 4. The van der Waals surface area contributed by atoms with Gasteiger partial charge in [0.25, 0.3) is 0 Å². The summed E-state index contributed by atoms with van der Waals surface area (Å²) in [6.07, 6.45) is 8.48. The molecule has 18 heavy (non-hydrogen) atoms. The first-order valence-electron chi connectivity index (χ1n) is 5.82. The molecular weight excluding hydrogens is 232 g/mol. The van der Waals surface area contributed by atoms with Gasteiger partial charge in [-0.05, 0) is 12.8 Å². The number of nitrogens with zero attached hydrogens (tertiary/aromatic N) is 2. The Morgan fingerprint density at radius 2 is 1.33 bits per heavy atom. The largest absolute Gasteiger partial charge is 0.342 e. The van der Waals surface area contributed by atoms with Gasteiger partial charge in [-0.3, -0.25) is 9.59 Å². The van der Waals surface area contributed by atoms with Gasteiger partial charge in [0.1, 0.15) is 0 Å². The molecule has 0 saturated carbocycles. The van der Waals surface area contributed by atoms with Crippen LogP contribution in [0.1, 0.15) is 46.9 Å². The molecule has 2 rings (SSSR count). The van der Waals surface area contributed by atoms with Crippen molar-refractivity contribution in [1.82, 2.24) is 19.9 Å². The molecule has 0 fully saturated rings. The van der Waals surface area contributed by atoms with E-state index in [1.807, 2.05) is 0 Å². The molecule has 94 valence electrons. The van der Waals surface area contributed by atoms with Crippen molar-refractivity contribution in [3.63, 3.8) is 0 Å². The normalized spacial score (nSPS) is 10.4. The number of hydrogen-bond donors (Lipinski definition) is 2. The molecule has 0 spiro atoms. The van der Waals surface area contributed by atoms with Crippen molar-refractivity contribution in [2.45, 2.75) is 25.7 Å². The van der Waals surface area contributed by atoms with Crippen molar-refractivity contribution in [2.75, 3.05) is 0 Å². The fourth-order valence-corrected chi connectivity index (χ4v) is 1.64. The van der Waals surface area contributed by atoms with E-state index >= 15 is 0 Å². The number of H-pyrrole nitrogens is 2. The number of ketones is 2. The lowest BCUT2D eigenvalue weighted by molar-refractivity contribution is 0.0945. The Kier molecular flexibility index (Phi) is 4.01. The third kappa shape index (κ3) is 3.13. The number of nitrogens with one attached hydrogen (secondary N) is 2. The molecule has 2 aromatic heterocycles. The van der Waals surface area contributed by atoms with Gasteiger partial charge in [-0.2, -0.15) is 0 Å². The van der Waals surface area contributed by atoms with E-state index < -0.39 is 0 Å². The Morgan fingerprint density at radius 1 is 0.889 bits per heavy atom. The van der Waals surface area contributed by atoms with Crippen LogP contribution in [0, 0.1) is 0 Å². The van der Waals surface area contributed by atoms with Crippen LogP contribution in [-0.2, 0) is 0 Å². The zero-order valence-corrected chi connectivity index (χ0v) is 9.85. The van der Waals surface area contributed by atoms with Gasteiger partial charge in [-0.25, -0.2) is 9.97 Å². The van der Waals surface area contributed by atoms with E-state index in [-0.39, 0.29) is 11.6 Å². The summed E-state index contributed by atoms with van der Waals surface area (Å²) in [5.74, 6) is 0.718. The quantitative estimate of drug-likeness (QED) is 0.575. The number of aromatic amines is 2. The minimum atomic E-state index is -0.0227. The van der Waals surface area contributed by atoms with E-state index in [1.165, 1.54) is 0 Å². The minimum absolute atomic E-state index is 0.0227. The van der Waals surface area contributed by atoms with E-state index in [0.717, 1.165) is 0 Å². The van der Waals surface area contributed by atoms with Crippen molar-refractivity contribution in [3.05, 3.63) is 36.4 Å². The molecule has 0 unspecified atom stereocenters. The first-order valence-corrected chi connectivity index (χ1v) is 5.82. The first-order chi connectivity index (χ1) is 8.77. The highest BCUT2D eigenvalue weighted by Gasteiger charge is 2.10. The second-order valence-corrected chi connectivity index (χ2v) is 3.93. The van der Waals surface area contributed by atoms with Crippen molar-refractivity contribution >= 4 is 11.6 Å². The summed E-state index contributed by atoms with van der Waals surface area (Å²) in [6.45, 7) is 0. The molecule has 0 amide bonds. The number of Topliss-reactive ketones (excluding diaryl/α,β-unsaturated/α-hetero) is 2. The summed E-state index contributed by atoms with van der Waals surface area (Å²) in [4.78, 5) is 36.5. The minimum Gasteiger partial charge on any atom is -0.342 e. The van der Waals surface area contributed by atoms with Gasteiger partial charge >= 0.3 is 0 Å². The van der Waals surface area contributed by atoms with Crippen LogP contribution < -0.4 is 0 Å². The van der Waals surface area contributed by atoms with Gasteiger partial charge in [0.15, 0.2) is 23.2 Å². The molecule has 0 aliphatic carbocycles. The lowest BCUT2D eigenvalue weighted by atomic mass is 10.1. The highest BCUT2D eigenvalue weighted by molar-refractivity contribution is 5.93. The van der Waals surface area contributed by atoms with Gasteiger partial charge in [-0.15, -0.1) is 0 Å². The third-order valence-electron chi connectivity index (χ3n) is 2.58. The number of rotatable bonds is 7. The molecule has 0 aliphatic rings. The van der Waals surface area contributed by atoms with Gasteiger partial charge in [0.05, 0.1) is 0 Å². The molecule has 0 aromatic carbocycles. The monoisotopic (exact) mass is 246 g/mol. The number of imidazole rings is 2. The van der Waals surface area contributed by atoms with Crippen LogP contribution in [0.4, 0.5) is 0 Å². The van der Waals surface area contributed by atoms with Crippen LogP contribution in [0.5, 0.6) is 0 Å². The standard InChI is InChI=1S/C12H14N4O2/c17-9(11-13-5-6-14-11)3-1-2-4-10(18)12-15-7-8-16-12/h5-8H,1-4H2,(H,13,14)(H,15,16). The maximum atomic E-state index is 11.6. The van der Waals surface area contributed by atoms with Crippen molar-refractivity contribution in [2.24, 2.45) is 0 Å². The molecule has 6 nitrogen and oxygen atoms in total. The van der Waals surface area contributed by atoms with Crippen LogP contribution in [0.3, 0.4) is 0 Å². The second-order valence-electron chi connectivity index (χ2n) is 3.93. The average Bonchev–Trinajstić information content (AvgIpc) is 3.05. The molecule has 0 atom stereocenters. The van der Waals surface area contributed by atoms with E-state index in [0.29, 0.717) is 37.3 Å². The molecule has 6 heteroatoms. The molecule has 0 radical (unpaired) electrons. The van der Waals surface area contributed by atoms with Gasteiger partial charge in [0, 0.05) is 37.6 Å². The topological polar surface area (TPSA) is 91.5 Å². The van der Waals surface area contributed by atoms with E-state index in [4.69, 9.17) is 0 Å². The van der Waals surface area contributed by atoms with Crippen LogP contribution in [0.25, 0.3) is 0 Å². The maximum Gasteiger partial charge on any atom is 0.198 e. The fourth-order valence-electron chi connectivity index (χ4n) is 1.64. The second kappa shape index (κ2) is 5.90. The summed E-state index contributed by atoms with van der Waals surface area (Å²) >= 11 is 0. The van der Waals surface area contributed by atoms with E-state index in [2.05, 4.69) is 19.9 Å². The molecule has 0 bridgehead atoms. The fraction of sp³-hybridized carbons (Fsp3) is 0.333. The predicted molar refractivity (Wildman–Crippen MR) is 64.3 cm³/mol. The van der Waals surface area contributed by atoms with Crippen LogP contribution in [0.15, 0.2) is 24.8 Å². The van der Waals surface area contributed by atoms with Gasteiger partial charge in [-0.1, -0.05) is 0 Å². The predicted octanol–water partition coefficient (Wildman–Crippen LogP) is 1.76. The SMILES string of the molecule is O=C(CCCCC(=O)c1ncc[nH]1)c1ncc[nH]1. The zero-order chi connectivity index (χ0) is 12.8. The van der Waals surface area contributed by atoms with Crippen LogP contribution in [-0.4, -0.2) is 31.5 Å². The highest BCUT2D eigenvalue weighted by Crippen LogP contribution is 2.07. The Morgan fingerprint density at radius 3 is 1.67 bits per heavy atom. The molecule has 2 aromatic rings. The van der Waals surface area contributed by atoms with Crippen molar-refractivity contribution in [1.29, 1.82) is 0 Å². The van der Waals surface area contributed by atoms with Gasteiger partial charge in [0.2, 0.25) is 0 Å². The number of carbonyl (C=O) groups is 2. The third-order valence-corrected chi connectivity index (χ3v) is 2.58. The summed E-state index contributed by atoms with van der Waals surface area (Å²) in [7, 11) is 0. The average molecular weight is 246 g/mol. The number of carbonyl (C=O) groups excluding carboxylic acids is 2. The van der Waals surface area contributed by atoms with E-state index in [1.54, 1.807) is 24.8 Å². The van der Waals surface area contributed by atoms with E-state index in [9.17, 15) is 9.59 Å². The lowest BCUT2D eigenvalue weighted by Crippen LogP contribution is -2.04. The maximum absolute atomic E-state index is 11.6. The first kappa shape index (κ1) is 12.2. The Hall–Kier alpha value is -2.24. The Bertz CT molecular complexity index is 454. The van der Waals surface area contributed by atoms with Gasteiger partial charge < -0.3 is 9.97 Å².